The molecule has 1 aromatic heterocycles. The Morgan fingerprint density at radius 1 is 1.45 bits per heavy atom. The maximum atomic E-state index is 11.8. The van der Waals surface area contributed by atoms with Crippen molar-refractivity contribution in [1.29, 1.82) is 0 Å². The van der Waals surface area contributed by atoms with Gasteiger partial charge >= 0.3 is 5.97 Å². The number of pyridine rings is 1. The van der Waals surface area contributed by atoms with Crippen LogP contribution in [-0.2, 0) is 9.53 Å². The molecule has 1 fully saturated rings. The summed E-state index contributed by atoms with van der Waals surface area (Å²) in [6.45, 7) is 0.762. The van der Waals surface area contributed by atoms with E-state index in [1.807, 2.05) is 0 Å². The minimum absolute atomic E-state index is 0.0438. The Morgan fingerprint density at radius 3 is 3.00 bits per heavy atom. The Hall–Kier alpha value is -1.95. The Bertz CT molecular complexity index is 484. The Morgan fingerprint density at radius 2 is 2.30 bits per heavy atom. The molecule has 2 N–H and O–H groups in total. The standard InChI is InChI=1S/C14H18N2O4/c17-13(5-4-10-3-1-2-8-20-10)16-12-9-15-7-6-11(12)14(18)19/h6-7,9-10H,1-5,8H2,(H,16,17)(H,18,19). The molecule has 1 amide bonds. The van der Waals surface area contributed by atoms with Crippen LogP contribution in [0.2, 0.25) is 0 Å². The number of nitrogens with zero attached hydrogens (tertiary/aromatic N) is 1. The second kappa shape index (κ2) is 7.00. The lowest BCUT2D eigenvalue weighted by Crippen LogP contribution is -2.22. The number of carboxylic acid groups (broad SMARTS) is 1. The lowest BCUT2D eigenvalue weighted by molar-refractivity contribution is -0.117. The maximum absolute atomic E-state index is 11.8. The van der Waals surface area contributed by atoms with Gasteiger partial charge in [-0.15, -0.1) is 0 Å². The number of anilines is 1. The summed E-state index contributed by atoms with van der Waals surface area (Å²) >= 11 is 0. The number of aromatic carboxylic acids is 1. The van der Waals surface area contributed by atoms with Crippen LogP contribution in [0, 0.1) is 0 Å². The fourth-order valence-electron chi connectivity index (χ4n) is 2.22. The van der Waals surface area contributed by atoms with Crippen LogP contribution in [-0.4, -0.2) is 34.7 Å². The van der Waals surface area contributed by atoms with Crippen molar-refractivity contribution in [3.8, 4) is 0 Å². The van der Waals surface area contributed by atoms with E-state index in [2.05, 4.69) is 10.3 Å². The highest BCUT2D eigenvalue weighted by molar-refractivity contribution is 6.00. The van der Waals surface area contributed by atoms with Gasteiger partial charge in [0.15, 0.2) is 0 Å². The number of ether oxygens (including phenoxy) is 1. The molecule has 0 spiro atoms. The number of nitrogens with one attached hydrogen (secondary N) is 1. The summed E-state index contributed by atoms with van der Waals surface area (Å²) in [6, 6.07) is 1.36. The van der Waals surface area contributed by atoms with Crippen LogP contribution in [0.4, 0.5) is 5.69 Å². The Balaban J connectivity index is 1.86. The quantitative estimate of drug-likeness (QED) is 0.860. The summed E-state index contributed by atoms with van der Waals surface area (Å²) in [6.07, 6.45) is 7.06. The van der Waals surface area contributed by atoms with Gasteiger partial charge in [0.25, 0.3) is 0 Å². The second-order valence-corrected chi connectivity index (χ2v) is 4.80. The molecule has 0 saturated carbocycles. The molecule has 0 aromatic carbocycles. The van der Waals surface area contributed by atoms with Crippen molar-refractivity contribution < 1.29 is 19.4 Å². The van der Waals surface area contributed by atoms with Gasteiger partial charge in [-0.25, -0.2) is 4.79 Å². The summed E-state index contributed by atoms with van der Waals surface area (Å²) in [7, 11) is 0. The first-order chi connectivity index (χ1) is 9.66. The van der Waals surface area contributed by atoms with E-state index in [1.165, 1.54) is 18.5 Å². The van der Waals surface area contributed by atoms with Gasteiger partial charge in [-0.2, -0.15) is 0 Å². The van der Waals surface area contributed by atoms with E-state index in [0.29, 0.717) is 12.8 Å². The molecule has 20 heavy (non-hydrogen) atoms. The molecule has 1 saturated heterocycles. The zero-order chi connectivity index (χ0) is 14.4. The van der Waals surface area contributed by atoms with Crippen molar-refractivity contribution in [2.24, 2.45) is 0 Å². The second-order valence-electron chi connectivity index (χ2n) is 4.80. The molecule has 6 heteroatoms. The monoisotopic (exact) mass is 278 g/mol. The Labute approximate surface area is 117 Å². The molecular weight excluding hydrogens is 260 g/mol. The van der Waals surface area contributed by atoms with Crippen LogP contribution in [0.5, 0.6) is 0 Å². The number of carbonyl (C=O) groups is 2. The third-order valence-corrected chi connectivity index (χ3v) is 3.29. The van der Waals surface area contributed by atoms with E-state index in [4.69, 9.17) is 9.84 Å². The van der Waals surface area contributed by atoms with Crippen LogP contribution < -0.4 is 5.32 Å². The van der Waals surface area contributed by atoms with Crippen molar-refractivity contribution in [2.45, 2.75) is 38.2 Å². The molecule has 2 rings (SSSR count). The van der Waals surface area contributed by atoms with Gasteiger partial charge in [-0.05, 0) is 31.7 Å². The van der Waals surface area contributed by atoms with Crippen LogP contribution in [0.15, 0.2) is 18.5 Å². The van der Waals surface area contributed by atoms with Gasteiger partial charge in [-0.1, -0.05) is 0 Å². The number of rotatable bonds is 5. The van der Waals surface area contributed by atoms with Crippen LogP contribution in [0.1, 0.15) is 42.5 Å². The van der Waals surface area contributed by atoms with Gasteiger partial charge in [0.05, 0.1) is 23.6 Å². The molecule has 1 aromatic rings. The minimum atomic E-state index is -1.08. The predicted octanol–water partition coefficient (Wildman–Crippen LogP) is 2.07. The molecular formula is C14H18N2O4. The normalized spacial score (nSPS) is 18.5. The molecule has 1 aliphatic heterocycles. The third kappa shape index (κ3) is 4.03. The van der Waals surface area contributed by atoms with Gasteiger partial charge in [0, 0.05) is 19.2 Å². The molecule has 108 valence electrons. The van der Waals surface area contributed by atoms with Crippen molar-refractivity contribution >= 4 is 17.6 Å². The third-order valence-electron chi connectivity index (χ3n) is 3.29. The first-order valence-electron chi connectivity index (χ1n) is 6.75. The average Bonchev–Trinajstić information content (AvgIpc) is 2.46. The van der Waals surface area contributed by atoms with Crippen molar-refractivity contribution in [1.82, 2.24) is 4.98 Å². The number of hydrogen-bond acceptors (Lipinski definition) is 4. The fraction of sp³-hybridized carbons (Fsp3) is 0.500. The molecule has 1 unspecified atom stereocenters. The highest BCUT2D eigenvalue weighted by Gasteiger charge is 2.16. The van der Waals surface area contributed by atoms with Gasteiger partial charge in [0.1, 0.15) is 0 Å². The fourth-order valence-corrected chi connectivity index (χ4v) is 2.22. The highest BCUT2D eigenvalue weighted by Crippen LogP contribution is 2.18. The first-order valence-corrected chi connectivity index (χ1v) is 6.75. The number of carboxylic acids is 1. The van der Waals surface area contributed by atoms with Gasteiger partial charge in [0.2, 0.25) is 5.91 Å². The van der Waals surface area contributed by atoms with E-state index in [0.717, 1.165) is 25.9 Å². The molecule has 2 heterocycles. The lowest BCUT2D eigenvalue weighted by Gasteiger charge is -2.22. The van der Waals surface area contributed by atoms with Gasteiger partial charge in [-0.3, -0.25) is 9.78 Å². The topological polar surface area (TPSA) is 88.5 Å². The number of hydrogen-bond donors (Lipinski definition) is 2. The predicted molar refractivity (Wildman–Crippen MR) is 72.7 cm³/mol. The summed E-state index contributed by atoms with van der Waals surface area (Å²) in [5.41, 5.74) is 0.275. The summed E-state index contributed by atoms with van der Waals surface area (Å²) in [5.74, 6) is -1.30. The minimum Gasteiger partial charge on any atom is -0.478 e. The van der Waals surface area contributed by atoms with E-state index >= 15 is 0 Å². The van der Waals surface area contributed by atoms with E-state index in [-0.39, 0.29) is 23.3 Å². The SMILES string of the molecule is O=C(CCC1CCCCO1)Nc1cnccc1C(=O)O. The van der Waals surface area contributed by atoms with E-state index < -0.39 is 5.97 Å². The summed E-state index contributed by atoms with van der Waals surface area (Å²) < 4.78 is 5.55. The molecule has 0 aliphatic carbocycles. The van der Waals surface area contributed by atoms with Crippen LogP contribution >= 0.6 is 0 Å². The van der Waals surface area contributed by atoms with Crippen molar-refractivity contribution in [2.75, 3.05) is 11.9 Å². The Kier molecular flexibility index (Phi) is 5.06. The maximum Gasteiger partial charge on any atom is 0.337 e. The van der Waals surface area contributed by atoms with Crippen molar-refractivity contribution in [3.63, 3.8) is 0 Å². The zero-order valence-corrected chi connectivity index (χ0v) is 11.2. The largest absolute Gasteiger partial charge is 0.478 e. The van der Waals surface area contributed by atoms with E-state index in [9.17, 15) is 9.59 Å². The summed E-state index contributed by atoms with van der Waals surface area (Å²) in [5, 5.41) is 11.6. The average molecular weight is 278 g/mol. The zero-order valence-electron chi connectivity index (χ0n) is 11.2. The molecule has 1 aliphatic rings. The van der Waals surface area contributed by atoms with Crippen molar-refractivity contribution in [3.05, 3.63) is 24.0 Å². The van der Waals surface area contributed by atoms with Gasteiger partial charge < -0.3 is 15.2 Å². The highest BCUT2D eigenvalue weighted by atomic mass is 16.5. The summed E-state index contributed by atoms with van der Waals surface area (Å²) in [4.78, 5) is 26.7. The van der Waals surface area contributed by atoms with Crippen LogP contribution in [0.3, 0.4) is 0 Å². The van der Waals surface area contributed by atoms with Crippen LogP contribution in [0.25, 0.3) is 0 Å². The smallest absolute Gasteiger partial charge is 0.337 e. The number of amides is 1. The molecule has 0 bridgehead atoms. The van der Waals surface area contributed by atoms with E-state index in [1.54, 1.807) is 0 Å². The number of aromatic nitrogens is 1. The molecule has 1 atom stereocenters. The number of carbonyl (C=O) groups excluding carboxylic acids is 1. The first kappa shape index (κ1) is 14.5. The molecule has 6 nitrogen and oxygen atoms in total. The lowest BCUT2D eigenvalue weighted by atomic mass is 10.0. The molecule has 0 radical (unpaired) electrons.